The van der Waals surface area contributed by atoms with Crippen molar-refractivity contribution < 1.29 is 14.9 Å². The second kappa shape index (κ2) is 5.22. The van der Waals surface area contributed by atoms with E-state index < -0.39 is 0 Å². The number of hydrogen-bond acceptors (Lipinski definition) is 3. The fourth-order valence-electron chi connectivity index (χ4n) is 1.21. The van der Waals surface area contributed by atoms with Crippen LogP contribution in [0.25, 0.3) is 0 Å². The van der Waals surface area contributed by atoms with E-state index in [0.717, 1.165) is 10.0 Å². The quantitative estimate of drug-likeness (QED) is 0.872. The number of halogens is 1. The van der Waals surface area contributed by atoms with Crippen molar-refractivity contribution in [2.75, 3.05) is 13.7 Å². The molecule has 0 radical (unpaired) electrons. The van der Waals surface area contributed by atoms with Crippen molar-refractivity contribution in [1.82, 2.24) is 0 Å². The number of phenolic OH excluding ortho intramolecular Hbond substituents is 1. The molecule has 0 unspecified atom stereocenters. The summed E-state index contributed by atoms with van der Waals surface area (Å²) in [5.41, 5.74) is 0.812. The van der Waals surface area contributed by atoms with Crippen LogP contribution in [-0.4, -0.2) is 23.9 Å². The molecule has 0 fully saturated rings. The maximum absolute atomic E-state index is 9.59. The lowest BCUT2D eigenvalue weighted by atomic mass is 10.1. The highest BCUT2D eigenvalue weighted by atomic mass is 79.9. The Bertz CT molecular complexity index is 312. The lowest BCUT2D eigenvalue weighted by Crippen LogP contribution is -1.92. The molecule has 4 heteroatoms. The summed E-state index contributed by atoms with van der Waals surface area (Å²) >= 11 is 3.33. The SMILES string of the molecule is COc1cc(O)c(CCCO)cc1Br. The molecular formula is C10H13BrO3. The molecule has 0 heterocycles. The number of aliphatic hydroxyl groups excluding tert-OH is 1. The van der Waals surface area contributed by atoms with Crippen molar-refractivity contribution in [1.29, 1.82) is 0 Å². The van der Waals surface area contributed by atoms with E-state index in [1.807, 2.05) is 6.07 Å². The molecule has 0 aliphatic heterocycles. The first kappa shape index (κ1) is 11.3. The number of hydrogen-bond donors (Lipinski definition) is 2. The van der Waals surface area contributed by atoms with Crippen LogP contribution < -0.4 is 4.74 Å². The van der Waals surface area contributed by atoms with E-state index in [1.165, 1.54) is 0 Å². The van der Waals surface area contributed by atoms with Gasteiger partial charge in [0.05, 0.1) is 11.6 Å². The molecule has 2 N–H and O–H groups in total. The topological polar surface area (TPSA) is 49.7 Å². The van der Waals surface area contributed by atoms with Crippen LogP contribution in [0.4, 0.5) is 0 Å². The molecule has 0 aliphatic carbocycles. The van der Waals surface area contributed by atoms with Gasteiger partial charge < -0.3 is 14.9 Å². The van der Waals surface area contributed by atoms with Crippen molar-refractivity contribution in [2.45, 2.75) is 12.8 Å². The summed E-state index contributed by atoms with van der Waals surface area (Å²) in [5.74, 6) is 0.814. The normalized spacial score (nSPS) is 10.2. The molecule has 0 saturated heterocycles. The van der Waals surface area contributed by atoms with Crippen LogP contribution in [0, 0.1) is 0 Å². The molecule has 0 aromatic heterocycles. The predicted octanol–water partition coefficient (Wildman–Crippen LogP) is 2.09. The Morgan fingerprint density at radius 2 is 2.14 bits per heavy atom. The Kier molecular flexibility index (Phi) is 4.22. The first-order valence-electron chi connectivity index (χ1n) is 4.35. The summed E-state index contributed by atoms with van der Waals surface area (Å²) in [7, 11) is 1.55. The molecule has 14 heavy (non-hydrogen) atoms. The van der Waals surface area contributed by atoms with E-state index in [4.69, 9.17) is 9.84 Å². The van der Waals surface area contributed by atoms with Gasteiger partial charge in [0, 0.05) is 12.7 Å². The second-order valence-corrected chi connectivity index (χ2v) is 3.80. The molecule has 1 aromatic rings. The minimum atomic E-state index is 0.128. The Labute approximate surface area is 91.5 Å². The molecule has 0 aliphatic rings. The van der Waals surface area contributed by atoms with Crippen molar-refractivity contribution in [3.8, 4) is 11.5 Å². The van der Waals surface area contributed by atoms with Crippen LogP contribution in [0.1, 0.15) is 12.0 Å². The van der Waals surface area contributed by atoms with Crippen LogP contribution in [0.5, 0.6) is 11.5 Å². The van der Waals surface area contributed by atoms with E-state index >= 15 is 0 Å². The van der Waals surface area contributed by atoms with Crippen molar-refractivity contribution in [3.05, 3.63) is 22.2 Å². The minimum Gasteiger partial charge on any atom is -0.508 e. The highest BCUT2D eigenvalue weighted by Crippen LogP contribution is 2.32. The Morgan fingerprint density at radius 1 is 1.43 bits per heavy atom. The maximum atomic E-state index is 9.59. The van der Waals surface area contributed by atoms with Gasteiger partial charge >= 0.3 is 0 Å². The van der Waals surface area contributed by atoms with Crippen LogP contribution >= 0.6 is 15.9 Å². The van der Waals surface area contributed by atoms with Gasteiger partial charge in [0.1, 0.15) is 11.5 Å². The first-order chi connectivity index (χ1) is 6.69. The molecule has 1 aromatic carbocycles. The summed E-state index contributed by atoms with van der Waals surface area (Å²) in [5, 5.41) is 18.3. The molecule has 0 saturated carbocycles. The lowest BCUT2D eigenvalue weighted by molar-refractivity contribution is 0.288. The molecule has 1 rings (SSSR count). The number of benzene rings is 1. The van der Waals surface area contributed by atoms with Gasteiger partial charge in [-0.2, -0.15) is 0 Å². The molecule has 0 bridgehead atoms. The number of phenols is 1. The van der Waals surface area contributed by atoms with E-state index in [0.29, 0.717) is 18.6 Å². The molecular weight excluding hydrogens is 248 g/mol. The number of aromatic hydroxyl groups is 1. The minimum absolute atomic E-state index is 0.128. The standard InChI is InChI=1S/C10H13BrO3/c1-14-10-6-9(13)7(3-2-4-12)5-8(10)11/h5-6,12-13H,2-4H2,1H3. The highest BCUT2D eigenvalue weighted by Gasteiger charge is 2.07. The number of aryl methyl sites for hydroxylation is 1. The third-order valence-corrected chi connectivity index (χ3v) is 2.58. The van der Waals surface area contributed by atoms with E-state index in [-0.39, 0.29) is 12.4 Å². The van der Waals surface area contributed by atoms with Gasteiger partial charge in [0.25, 0.3) is 0 Å². The van der Waals surface area contributed by atoms with Gasteiger partial charge in [0.15, 0.2) is 0 Å². The van der Waals surface area contributed by atoms with Gasteiger partial charge in [-0.1, -0.05) is 0 Å². The summed E-state index contributed by atoms with van der Waals surface area (Å²) < 4.78 is 5.84. The fourth-order valence-corrected chi connectivity index (χ4v) is 1.76. The second-order valence-electron chi connectivity index (χ2n) is 2.94. The number of methoxy groups -OCH3 is 1. The smallest absolute Gasteiger partial charge is 0.136 e. The molecule has 0 spiro atoms. The van der Waals surface area contributed by atoms with Gasteiger partial charge in [-0.25, -0.2) is 0 Å². The van der Waals surface area contributed by atoms with Crippen LogP contribution in [0.3, 0.4) is 0 Å². The van der Waals surface area contributed by atoms with Crippen LogP contribution in [0.15, 0.2) is 16.6 Å². The number of rotatable bonds is 4. The maximum Gasteiger partial charge on any atom is 0.136 e. The van der Waals surface area contributed by atoms with Gasteiger partial charge in [-0.3, -0.25) is 0 Å². The third kappa shape index (κ3) is 2.62. The van der Waals surface area contributed by atoms with E-state index in [2.05, 4.69) is 15.9 Å². The summed E-state index contributed by atoms with van der Waals surface area (Å²) in [6, 6.07) is 3.38. The summed E-state index contributed by atoms with van der Waals surface area (Å²) in [6.07, 6.45) is 1.30. The Morgan fingerprint density at radius 3 is 2.71 bits per heavy atom. The van der Waals surface area contributed by atoms with Crippen molar-refractivity contribution in [2.24, 2.45) is 0 Å². The molecule has 0 atom stereocenters. The summed E-state index contributed by atoms with van der Waals surface area (Å²) in [4.78, 5) is 0. The fraction of sp³-hybridized carbons (Fsp3) is 0.400. The number of aliphatic hydroxyl groups is 1. The Hall–Kier alpha value is -0.740. The predicted molar refractivity (Wildman–Crippen MR) is 57.8 cm³/mol. The average Bonchev–Trinajstić information content (AvgIpc) is 2.18. The highest BCUT2D eigenvalue weighted by molar-refractivity contribution is 9.10. The Balaban J connectivity index is 2.90. The lowest BCUT2D eigenvalue weighted by Gasteiger charge is -2.08. The van der Waals surface area contributed by atoms with Gasteiger partial charge in [0.2, 0.25) is 0 Å². The zero-order chi connectivity index (χ0) is 10.6. The van der Waals surface area contributed by atoms with Gasteiger partial charge in [-0.05, 0) is 40.4 Å². The zero-order valence-corrected chi connectivity index (χ0v) is 9.54. The number of ether oxygens (including phenoxy) is 1. The van der Waals surface area contributed by atoms with Crippen LogP contribution in [-0.2, 0) is 6.42 Å². The average molecular weight is 261 g/mol. The first-order valence-corrected chi connectivity index (χ1v) is 5.14. The van der Waals surface area contributed by atoms with Gasteiger partial charge in [-0.15, -0.1) is 0 Å². The van der Waals surface area contributed by atoms with Crippen molar-refractivity contribution >= 4 is 15.9 Å². The molecule has 78 valence electrons. The third-order valence-electron chi connectivity index (χ3n) is 1.96. The summed E-state index contributed by atoms with van der Waals surface area (Å²) in [6.45, 7) is 0.128. The zero-order valence-electron chi connectivity index (χ0n) is 7.96. The van der Waals surface area contributed by atoms with Crippen LogP contribution in [0.2, 0.25) is 0 Å². The largest absolute Gasteiger partial charge is 0.508 e. The van der Waals surface area contributed by atoms with E-state index in [1.54, 1.807) is 13.2 Å². The molecule has 0 amide bonds. The monoisotopic (exact) mass is 260 g/mol. The molecule has 3 nitrogen and oxygen atoms in total. The van der Waals surface area contributed by atoms with Crippen molar-refractivity contribution in [3.63, 3.8) is 0 Å². The van der Waals surface area contributed by atoms with E-state index in [9.17, 15) is 5.11 Å².